The molecule has 0 aliphatic carbocycles. The largest absolute Gasteiger partial charge is 0.482 e. The van der Waals surface area contributed by atoms with E-state index in [1.807, 2.05) is 30.3 Å². The number of benzene rings is 2. The minimum atomic E-state index is -0.0949. The van der Waals surface area contributed by atoms with Crippen LogP contribution >= 0.6 is 69.3 Å². The molecule has 0 bridgehead atoms. The summed E-state index contributed by atoms with van der Waals surface area (Å²) in [6.45, 7) is 0.0171. The fourth-order valence-corrected chi connectivity index (χ4v) is 5.25. The van der Waals surface area contributed by atoms with E-state index in [0.29, 0.717) is 16.4 Å². The smallest absolute Gasteiger partial charge is 0.195 e. The minimum absolute atomic E-state index is 0.0171. The molecule has 2 aromatic carbocycles. The Morgan fingerprint density at radius 2 is 1.53 bits per heavy atom. The summed E-state index contributed by atoms with van der Waals surface area (Å²) in [5.74, 6) is 0.998. The maximum absolute atomic E-state index is 12.6. The molecule has 0 N–H and O–H groups in total. The van der Waals surface area contributed by atoms with Crippen molar-refractivity contribution < 1.29 is 13.9 Å². The summed E-state index contributed by atoms with van der Waals surface area (Å²) in [5, 5.41) is 0.269. The zero-order valence-corrected chi connectivity index (χ0v) is 21.9. The Morgan fingerprint density at radius 1 is 0.853 bits per heavy atom. The first-order valence-corrected chi connectivity index (χ1v) is 12.6. The molecule has 0 saturated heterocycles. The molecule has 9 heteroatoms. The second kappa shape index (κ2) is 11.2. The molecule has 0 spiro atoms. The first-order valence-electron chi connectivity index (χ1n) is 9.91. The third-order valence-corrected chi connectivity index (χ3v) is 8.08. The lowest BCUT2D eigenvalue weighted by atomic mass is 10.1. The first-order chi connectivity index (χ1) is 16.3. The van der Waals surface area contributed by atoms with E-state index in [1.54, 1.807) is 18.2 Å². The van der Waals surface area contributed by atoms with Gasteiger partial charge in [0.25, 0.3) is 0 Å². The predicted octanol–water partition coefficient (Wildman–Crippen LogP) is 9.67. The fourth-order valence-electron chi connectivity index (χ4n) is 3.06. The number of thiophene rings is 1. The van der Waals surface area contributed by atoms with Crippen molar-refractivity contribution in [1.82, 2.24) is 0 Å². The maximum atomic E-state index is 12.6. The van der Waals surface area contributed by atoms with Gasteiger partial charge in [-0.25, -0.2) is 0 Å². The molecule has 4 rings (SSSR count). The van der Waals surface area contributed by atoms with Gasteiger partial charge in [0.1, 0.15) is 28.2 Å². The molecule has 0 radical (unpaired) electrons. The van der Waals surface area contributed by atoms with Crippen LogP contribution in [-0.2, 0) is 13.0 Å². The SMILES string of the molecule is O=C(/C=C/c1ccc(COc2c(Cl)c(Cl)c(Cl)c(Cl)c2Cl)o1)c1ccc(Cc2ccccc2)s1. The molecule has 174 valence electrons. The van der Waals surface area contributed by atoms with E-state index in [2.05, 4.69) is 12.1 Å². The van der Waals surface area contributed by atoms with Crippen LogP contribution in [0.25, 0.3) is 6.08 Å². The van der Waals surface area contributed by atoms with Gasteiger partial charge in [-0.05, 0) is 42.0 Å². The lowest BCUT2D eigenvalue weighted by Gasteiger charge is -2.12. The second-order valence-corrected chi connectivity index (χ2v) is 10.2. The van der Waals surface area contributed by atoms with Gasteiger partial charge >= 0.3 is 0 Å². The number of carbonyl (C=O) groups is 1. The molecule has 4 aromatic rings. The monoisotopic (exact) mass is 570 g/mol. The number of furan rings is 1. The maximum Gasteiger partial charge on any atom is 0.195 e. The van der Waals surface area contributed by atoms with Gasteiger partial charge in [-0.1, -0.05) is 88.3 Å². The standard InChI is InChI=1S/C25H15Cl5O3S/c26-20-21(27)23(29)25(24(30)22(20)28)32-13-16-7-6-15(33-16)8-10-18(31)19-11-9-17(34-19)12-14-4-2-1-3-5-14/h1-11H,12-13H2/b10-8+. The molecule has 34 heavy (non-hydrogen) atoms. The summed E-state index contributed by atoms with van der Waals surface area (Å²) in [7, 11) is 0. The molecular weight excluding hydrogens is 558 g/mol. The van der Waals surface area contributed by atoms with Crippen molar-refractivity contribution >= 4 is 81.2 Å². The quantitative estimate of drug-likeness (QED) is 0.0913. The van der Waals surface area contributed by atoms with Crippen LogP contribution in [0.3, 0.4) is 0 Å². The molecule has 2 aromatic heterocycles. The number of rotatable bonds is 8. The molecule has 0 unspecified atom stereocenters. The number of carbonyl (C=O) groups excluding carboxylic acids is 1. The van der Waals surface area contributed by atoms with Crippen molar-refractivity contribution in [3.05, 3.63) is 113 Å². The summed E-state index contributed by atoms with van der Waals surface area (Å²) < 4.78 is 11.4. The number of ketones is 1. The van der Waals surface area contributed by atoms with E-state index in [0.717, 1.165) is 11.3 Å². The number of hydrogen-bond acceptors (Lipinski definition) is 4. The van der Waals surface area contributed by atoms with Crippen molar-refractivity contribution in [2.24, 2.45) is 0 Å². The van der Waals surface area contributed by atoms with Gasteiger partial charge in [0.15, 0.2) is 11.5 Å². The Morgan fingerprint density at radius 3 is 2.24 bits per heavy atom. The van der Waals surface area contributed by atoms with E-state index in [9.17, 15) is 4.79 Å². The molecule has 0 atom stereocenters. The van der Waals surface area contributed by atoms with Crippen molar-refractivity contribution in [3.8, 4) is 5.75 Å². The molecular formula is C25H15Cl5O3S. The summed E-state index contributed by atoms with van der Waals surface area (Å²) in [6.07, 6.45) is 3.88. The van der Waals surface area contributed by atoms with E-state index in [1.165, 1.54) is 23.0 Å². The minimum Gasteiger partial charge on any atom is -0.482 e. The van der Waals surface area contributed by atoms with Gasteiger partial charge in [0.2, 0.25) is 0 Å². The third kappa shape index (κ3) is 5.83. The van der Waals surface area contributed by atoms with E-state index < -0.39 is 0 Å². The highest BCUT2D eigenvalue weighted by Crippen LogP contribution is 2.48. The van der Waals surface area contributed by atoms with Crippen LogP contribution in [0, 0.1) is 0 Å². The highest BCUT2D eigenvalue weighted by atomic mass is 35.5. The lowest BCUT2D eigenvalue weighted by molar-refractivity contribution is 0.105. The summed E-state index contributed by atoms with van der Waals surface area (Å²) in [4.78, 5) is 14.3. The average Bonchev–Trinajstić information content (AvgIpc) is 3.50. The topological polar surface area (TPSA) is 39.4 Å². The Kier molecular flexibility index (Phi) is 8.30. The van der Waals surface area contributed by atoms with Crippen LogP contribution in [0.15, 0.2) is 65.1 Å². The summed E-state index contributed by atoms with van der Waals surface area (Å²) >= 11 is 31.9. The Hall–Kier alpha value is -1.92. The second-order valence-electron chi connectivity index (χ2n) is 7.12. The molecule has 0 fully saturated rings. The molecule has 0 amide bonds. The molecule has 0 saturated carbocycles. The zero-order chi connectivity index (χ0) is 24.2. The van der Waals surface area contributed by atoms with Crippen molar-refractivity contribution in [1.29, 1.82) is 0 Å². The van der Waals surface area contributed by atoms with Crippen molar-refractivity contribution in [2.45, 2.75) is 13.0 Å². The van der Waals surface area contributed by atoms with Crippen LogP contribution in [-0.4, -0.2) is 5.78 Å². The average molecular weight is 573 g/mol. The number of ether oxygens (including phenoxy) is 1. The van der Waals surface area contributed by atoms with Crippen LogP contribution < -0.4 is 4.74 Å². The number of hydrogen-bond donors (Lipinski definition) is 0. The summed E-state index contributed by atoms with van der Waals surface area (Å²) in [6, 6.07) is 17.4. The van der Waals surface area contributed by atoms with Crippen LogP contribution in [0.2, 0.25) is 25.1 Å². The molecule has 2 heterocycles. The van der Waals surface area contributed by atoms with Crippen LogP contribution in [0.5, 0.6) is 5.75 Å². The third-order valence-electron chi connectivity index (χ3n) is 4.74. The van der Waals surface area contributed by atoms with Gasteiger partial charge in [0.05, 0.1) is 19.9 Å². The highest BCUT2D eigenvalue weighted by molar-refractivity contribution is 7.14. The highest BCUT2D eigenvalue weighted by Gasteiger charge is 2.21. The Balaban J connectivity index is 1.38. The van der Waals surface area contributed by atoms with Crippen molar-refractivity contribution in [2.75, 3.05) is 0 Å². The van der Waals surface area contributed by atoms with Gasteiger partial charge < -0.3 is 9.15 Å². The van der Waals surface area contributed by atoms with Crippen LogP contribution in [0.4, 0.5) is 0 Å². The lowest BCUT2D eigenvalue weighted by Crippen LogP contribution is -1.96. The van der Waals surface area contributed by atoms with E-state index in [4.69, 9.17) is 67.2 Å². The number of halogens is 5. The van der Waals surface area contributed by atoms with E-state index >= 15 is 0 Å². The van der Waals surface area contributed by atoms with E-state index in [-0.39, 0.29) is 43.3 Å². The predicted molar refractivity (Wildman–Crippen MR) is 141 cm³/mol. The van der Waals surface area contributed by atoms with Gasteiger partial charge in [-0.2, -0.15) is 0 Å². The summed E-state index contributed by atoms with van der Waals surface area (Å²) in [5.41, 5.74) is 1.20. The normalized spacial score (nSPS) is 11.3. The van der Waals surface area contributed by atoms with Gasteiger partial charge in [0, 0.05) is 11.3 Å². The zero-order valence-electron chi connectivity index (χ0n) is 17.3. The van der Waals surface area contributed by atoms with Crippen molar-refractivity contribution in [3.63, 3.8) is 0 Å². The Bertz CT molecular complexity index is 1330. The first kappa shape index (κ1) is 25.2. The fraction of sp³-hybridized carbons (Fsp3) is 0.0800. The van der Waals surface area contributed by atoms with Crippen LogP contribution in [0.1, 0.15) is 31.6 Å². The molecule has 0 aliphatic rings. The molecule has 0 aliphatic heterocycles. The molecule has 3 nitrogen and oxygen atoms in total. The van der Waals surface area contributed by atoms with Gasteiger partial charge in [-0.3, -0.25) is 4.79 Å². The Labute approximate surface area is 225 Å². The van der Waals surface area contributed by atoms with Gasteiger partial charge in [-0.15, -0.1) is 11.3 Å². The number of allylic oxidation sites excluding steroid dienone is 1.